The van der Waals surface area contributed by atoms with E-state index >= 15 is 0 Å². The van der Waals surface area contributed by atoms with Gasteiger partial charge in [0.1, 0.15) is 0 Å². The molecule has 1 aliphatic heterocycles. The molecule has 0 spiro atoms. The minimum Gasteiger partial charge on any atom is -0.358 e. The second kappa shape index (κ2) is 1.50. The molecule has 0 aromatic heterocycles. The van der Waals surface area contributed by atoms with E-state index in [1.54, 1.807) is 7.05 Å². The van der Waals surface area contributed by atoms with Gasteiger partial charge in [0.25, 0.3) is 0 Å². The van der Waals surface area contributed by atoms with Gasteiger partial charge in [-0.3, -0.25) is 4.79 Å². The highest BCUT2D eigenvalue weighted by molar-refractivity contribution is 5.84. The minimum absolute atomic E-state index is 0.0972. The van der Waals surface area contributed by atoms with Crippen LogP contribution < -0.4 is 10.6 Å². The summed E-state index contributed by atoms with van der Waals surface area (Å²) < 4.78 is 0. The Morgan fingerprint density at radius 2 is 2.57 bits per heavy atom. The summed E-state index contributed by atoms with van der Waals surface area (Å²) in [6.45, 7) is 0.847. The predicted molar refractivity (Wildman–Crippen MR) is 25.9 cm³/mol. The molecule has 0 unspecified atom stereocenters. The molecule has 0 aromatic carbocycles. The van der Waals surface area contributed by atoms with Gasteiger partial charge < -0.3 is 10.6 Å². The van der Waals surface area contributed by atoms with Crippen LogP contribution in [0, 0.1) is 0 Å². The van der Waals surface area contributed by atoms with E-state index in [-0.39, 0.29) is 11.9 Å². The first kappa shape index (κ1) is 4.59. The molecule has 40 valence electrons. The molecule has 1 atom stereocenters. The van der Waals surface area contributed by atoms with Crippen molar-refractivity contribution in [3.63, 3.8) is 0 Å². The van der Waals surface area contributed by atoms with Crippen molar-refractivity contribution in [3.8, 4) is 0 Å². The van der Waals surface area contributed by atoms with Gasteiger partial charge in [0.2, 0.25) is 5.91 Å². The molecule has 3 heteroatoms. The third-order valence-electron chi connectivity index (χ3n) is 0.971. The van der Waals surface area contributed by atoms with Crippen LogP contribution in [0.1, 0.15) is 0 Å². The molecule has 0 bridgehead atoms. The monoisotopic (exact) mass is 100 g/mol. The van der Waals surface area contributed by atoms with Crippen LogP contribution in [0.3, 0.4) is 0 Å². The van der Waals surface area contributed by atoms with Crippen LogP contribution in [-0.4, -0.2) is 25.5 Å². The Kier molecular flexibility index (Phi) is 0.982. The highest BCUT2D eigenvalue weighted by Crippen LogP contribution is 1.93. The maximum Gasteiger partial charge on any atom is 0.238 e. The molecule has 1 rings (SSSR count). The lowest BCUT2D eigenvalue weighted by molar-refractivity contribution is -0.120. The fraction of sp³-hybridized carbons (Fsp3) is 0.750. The minimum atomic E-state index is 0.0972. The molecular formula is C4H8N2O. The predicted octanol–water partition coefficient (Wildman–Crippen LogP) is -1.30. The lowest BCUT2D eigenvalue weighted by Crippen LogP contribution is -2.24. The van der Waals surface area contributed by atoms with E-state index in [0.29, 0.717) is 0 Å². The lowest BCUT2D eigenvalue weighted by atomic mass is 10.4. The fourth-order valence-electron chi connectivity index (χ4n) is 0.419. The average Bonchev–Trinajstić information content (AvgIpc) is 2.44. The Morgan fingerprint density at radius 3 is 2.71 bits per heavy atom. The highest BCUT2D eigenvalue weighted by Gasteiger charge is 2.26. The smallest absolute Gasteiger partial charge is 0.238 e. The van der Waals surface area contributed by atoms with Gasteiger partial charge in [0.05, 0.1) is 6.04 Å². The molecule has 1 fully saturated rings. The second-order valence-corrected chi connectivity index (χ2v) is 1.58. The van der Waals surface area contributed by atoms with Crippen molar-refractivity contribution in [3.05, 3.63) is 0 Å². The van der Waals surface area contributed by atoms with Gasteiger partial charge in [0.15, 0.2) is 0 Å². The molecule has 1 saturated heterocycles. The topological polar surface area (TPSA) is 51.0 Å². The first-order chi connectivity index (χ1) is 3.34. The van der Waals surface area contributed by atoms with Crippen LogP contribution >= 0.6 is 0 Å². The number of carbonyl (C=O) groups is 1. The molecule has 1 amide bonds. The van der Waals surface area contributed by atoms with Crippen molar-refractivity contribution in [2.24, 2.45) is 0 Å². The summed E-state index contributed by atoms with van der Waals surface area (Å²) in [5.41, 5.74) is 0. The van der Waals surface area contributed by atoms with Crippen molar-refractivity contribution < 1.29 is 4.79 Å². The molecule has 1 aliphatic rings. The SMILES string of the molecule is CNC(=O)[C@H]1CN1. The van der Waals surface area contributed by atoms with Crippen molar-refractivity contribution in [1.82, 2.24) is 10.6 Å². The Labute approximate surface area is 42.1 Å². The largest absolute Gasteiger partial charge is 0.358 e. The van der Waals surface area contributed by atoms with Crippen molar-refractivity contribution in [2.45, 2.75) is 6.04 Å². The molecule has 3 nitrogen and oxygen atoms in total. The number of nitrogens with one attached hydrogen (secondary N) is 2. The van der Waals surface area contributed by atoms with Gasteiger partial charge in [0, 0.05) is 13.6 Å². The quantitative estimate of drug-likeness (QED) is 0.402. The Balaban J connectivity index is 2.24. The molecule has 0 aliphatic carbocycles. The van der Waals surface area contributed by atoms with Crippen LogP contribution in [0.2, 0.25) is 0 Å². The first-order valence-corrected chi connectivity index (χ1v) is 2.29. The van der Waals surface area contributed by atoms with E-state index in [2.05, 4.69) is 10.6 Å². The van der Waals surface area contributed by atoms with Crippen molar-refractivity contribution >= 4 is 5.91 Å². The zero-order valence-electron chi connectivity index (χ0n) is 4.19. The van der Waals surface area contributed by atoms with Gasteiger partial charge in [-0.1, -0.05) is 0 Å². The lowest BCUT2D eigenvalue weighted by Gasteiger charge is -1.88. The summed E-state index contributed by atoms with van der Waals surface area (Å²) in [4.78, 5) is 10.4. The summed E-state index contributed by atoms with van der Waals surface area (Å²) in [6.07, 6.45) is 0. The van der Waals surface area contributed by atoms with Crippen LogP contribution in [-0.2, 0) is 4.79 Å². The number of hydrogen-bond donors (Lipinski definition) is 2. The van der Waals surface area contributed by atoms with Crippen molar-refractivity contribution in [1.29, 1.82) is 0 Å². The van der Waals surface area contributed by atoms with E-state index in [0.717, 1.165) is 6.54 Å². The summed E-state index contributed by atoms with van der Waals surface area (Å²) in [5, 5.41) is 5.40. The molecule has 0 aromatic rings. The van der Waals surface area contributed by atoms with Gasteiger partial charge in [-0.25, -0.2) is 0 Å². The maximum atomic E-state index is 10.4. The standard InChI is InChI=1S/C4H8N2O/c1-5-4(7)3-2-6-3/h3,6H,2H2,1H3,(H,5,7)/t3-/m1/s1. The third-order valence-corrected chi connectivity index (χ3v) is 0.971. The van der Waals surface area contributed by atoms with Gasteiger partial charge in [-0.2, -0.15) is 0 Å². The zero-order chi connectivity index (χ0) is 5.28. The normalized spacial score (nSPS) is 26.7. The van der Waals surface area contributed by atoms with Gasteiger partial charge in [-0.15, -0.1) is 0 Å². The molecule has 0 saturated carbocycles. The first-order valence-electron chi connectivity index (χ1n) is 2.29. The second-order valence-electron chi connectivity index (χ2n) is 1.58. The van der Waals surface area contributed by atoms with Gasteiger partial charge in [-0.05, 0) is 0 Å². The average molecular weight is 100 g/mol. The molecular weight excluding hydrogens is 92.1 g/mol. The molecule has 7 heavy (non-hydrogen) atoms. The Hall–Kier alpha value is -0.570. The Morgan fingerprint density at radius 1 is 2.00 bits per heavy atom. The number of amides is 1. The number of rotatable bonds is 1. The van der Waals surface area contributed by atoms with E-state index in [9.17, 15) is 4.79 Å². The van der Waals surface area contributed by atoms with Crippen LogP contribution in [0.5, 0.6) is 0 Å². The summed E-state index contributed by atoms with van der Waals surface area (Å²) in [6, 6.07) is 0.116. The van der Waals surface area contributed by atoms with E-state index in [1.807, 2.05) is 0 Å². The molecule has 2 N–H and O–H groups in total. The molecule has 0 radical (unpaired) electrons. The van der Waals surface area contributed by atoms with E-state index in [1.165, 1.54) is 0 Å². The fourth-order valence-corrected chi connectivity index (χ4v) is 0.419. The number of likely N-dealkylation sites (N-methyl/N-ethyl adjacent to an activating group) is 1. The van der Waals surface area contributed by atoms with Crippen molar-refractivity contribution in [2.75, 3.05) is 13.6 Å². The maximum absolute atomic E-state index is 10.4. The van der Waals surface area contributed by atoms with Crippen LogP contribution in [0.25, 0.3) is 0 Å². The third kappa shape index (κ3) is 0.899. The Bertz CT molecular complexity index is 87.7. The van der Waals surface area contributed by atoms with E-state index in [4.69, 9.17) is 0 Å². The van der Waals surface area contributed by atoms with Gasteiger partial charge >= 0.3 is 0 Å². The number of carbonyl (C=O) groups excluding carboxylic acids is 1. The van der Waals surface area contributed by atoms with Crippen LogP contribution in [0.4, 0.5) is 0 Å². The summed E-state index contributed by atoms with van der Waals surface area (Å²) in [5.74, 6) is 0.0972. The molecule has 1 heterocycles. The highest BCUT2D eigenvalue weighted by atomic mass is 16.2. The van der Waals surface area contributed by atoms with Crippen LogP contribution in [0.15, 0.2) is 0 Å². The summed E-state index contributed by atoms with van der Waals surface area (Å²) >= 11 is 0. The number of hydrogen-bond acceptors (Lipinski definition) is 2. The zero-order valence-corrected chi connectivity index (χ0v) is 4.19. The van der Waals surface area contributed by atoms with E-state index < -0.39 is 0 Å². The summed E-state index contributed by atoms with van der Waals surface area (Å²) in [7, 11) is 1.64.